The standard InChI is InChI=1S/C23H22N6O3/c1-14-11-16(5-8-18(14)23(31)27-13-20(24)30)28-21-22-26-12-19(29(22)10-9-25-21)15-3-6-17(32-2)7-4-15/h3-12H,13H2,1-2H3,(H2,24,30)(H,25,28)(H,27,31). The molecule has 4 aromatic rings. The number of aryl methyl sites for hydroxylation is 1. The van der Waals surface area contributed by atoms with Crippen LogP contribution in [0.2, 0.25) is 0 Å². The van der Waals surface area contributed by atoms with Gasteiger partial charge in [-0.2, -0.15) is 0 Å². The summed E-state index contributed by atoms with van der Waals surface area (Å²) < 4.78 is 7.18. The van der Waals surface area contributed by atoms with Crippen molar-refractivity contribution >= 4 is 29.0 Å². The van der Waals surface area contributed by atoms with Crippen LogP contribution in [0.1, 0.15) is 15.9 Å². The number of amides is 2. The molecule has 2 aromatic heterocycles. The molecule has 0 saturated carbocycles. The van der Waals surface area contributed by atoms with Crippen LogP contribution in [-0.2, 0) is 4.79 Å². The highest BCUT2D eigenvalue weighted by Crippen LogP contribution is 2.27. The van der Waals surface area contributed by atoms with Crippen molar-refractivity contribution < 1.29 is 14.3 Å². The van der Waals surface area contributed by atoms with Crippen LogP contribution in [0.15, 0.2) is 61.1 Å². The second-order valence-corrected chi connectivity index (χ2v) is 7.15. The van der Waals surface area contributed by atoms with E-state index in [0.29, 0.717) is 17.0 Å². The number of nitrogens with zero attached hydrogens (tertiary/aromatic N) is 3. The topological polar surface area (TPSA) is 124 Å². The summed E-state index contributed by atoms with van der Waals surface area (Å²) in [6.07, 6.45) is 5.34. The van der Waals surface area contributed by atoms with Gasteiger partial charge in [0.25, 0.3) is 5.91 Å². The van der Waals surface area contributed by atoms with Gasteiger partial charge in [-0.05, 0) is 55.0 Å². The summed E-state index contributed by atoms with van der Waals surface area (Å²) in [7, 11) is 1.63. The minimum absolute atomic E-state index is 0.208. The second kappa shape index (κ2) is 8.76. The highest BCUT2D eigenvalue weighted by Gasteiger charge is 2.13. The number of carbonyl (C=O) groups excluding carboxylic acids is 2. The number of nitrogens with two attached hydrogens (primary N) is 1. The third-order valence-corrected chi connectivity index (χ3v) is 4.97. The molecule has 0 radical (unpaired) electrons. The number of hydrogen-bond donors (Lipinski definition) is 3. The molecule has 4 rings (SSSR count). The molecule has 2 amide bonds. The van der Waals surface area contributed by atoms with Gasteiger partial charge in [0, 0.05) is 29.2 Å². The minimum atomic E-state index is -0.595. The average Bonchev–Trinajstić information content (AvgIpc) is 3.23. The molecular formula is C23H22N6O3. The van der Waals surface area contributed by atoms with Crippen LogP contribution in [-0.4, -0.2) is 39.8 Å². The van der Waals surface area contributed by atoms with Gasteiger partial charge in [0.15, 0.2) is 11.5 Å². The molecule has 162 valence electrons. The molecule has 32 heavy (non-hydrogen) atoms. The molecule has 0 bridgehead atoms. The molecule has 9 nitrogen and oxygen atoms in total. The molecule has 0 saturated heterocycles. The normalized spacial score (nSPS) is 10.7. The molecule has 2 heterocycles. The molecule has 0 aliphatic rings. The number of carbonyl (C=O) groups is 2. The van der Waals surface area contributed by atoms with Gasteiger partial charge in [0.05, 0.1) is 25.5 Å². The first-order chi connectivity index (χ1) is 15.5. The molecule has 0 atom stereocenters. The molecule has 9 heteroatoms. The lowest BCUT2D eigenvalue weighted by Crippen LogP contribution is -2.33. The first-order valence-electron chi connectivity index (χ1n) is 9.87. The summed E-state index contributed by atoms with van der Waals surface area (Å²) in [4.78, 5) is 32.1. The maximum atomic E-state index is 12.2. The Hall–Kier alpha value is -4.40. The van der Waals surface area contributed by atoms with Crippen molar-refractivity contribution in [1.29, 1.82) is 0 Å². The van der Waals surface area contributed by atoms with E-state index in [1.54, 1.807) is 31.6 Å². The van der Waals surface area contributed by atoms with Crippen LogP contribution in [0.3, 0.4) is 0 Å². The number of fused-ring (bicyclic) bond motifs is 1. The van der Waals surface area contributed by atoms with Gasteiger partial charge in [-0.15, -0.1) is 0 Å². The lowest BCUT2D eigenvalue weighted by Gasteiger charge is -2.11. The highest BCUT2D eigenvalue weighted by atomic mass is 16.5. The first kappa shape index (κ1) is 20.9. The summed E-state index contributed by atoms with van der Waals surface area (Å²) in [6.45, 7) is 1.61. The van der Waals surface area contributed by atoms with Crippen molar-refractivity contribution in [2.24, 2.45) is 5.73 Å². The summed E-state index contributed by atoms with van der Waals surface area (Å²) in [5.41, 5.74) is 9.62. The maximum absolute atomic E-state index is 12.2. The zero-order chi connectivity index (χ0) is 22.7. The number of imidazole rings is 1. The SMILES string of the molecule is COc1ccc(-c2cnc3c(Nc4ccc(C(=O)NCC(N)=O)c(C)c4)nccn23)cc1. The van der Waals surface area contributed by atoms with Crippen molar-refractivity contribution in [3.05, 3.63) is 72.2 Å². The fourth-order valence-electron chi connectivity index (χ4n) is 3.38. The number of rotatable bonds is 7. The van der Waals surface area contributed by atoms with Crippen LogP contribution in [0, 0.1) is 6.92 Å². The maximum Gasteiger partial charge on any atom is 0.251 e. The number of ether oxygens (including phenoxy) is 1. The number of benzene rings is 2. The zero-order valence-electron chi connectivity index (χ0n) is 17.6. The van der Waals surface area contributed by atoms with Gasteiger partial charge in [0.2, 0.25) is 5.91 Å². The van der Waals surface area contributed by atoms with Crippen molar-refractivity contribution in [2.45, 2.75) is 6.92 Å². The van der Waals surface area contributed by atoms with E-state index in [0.717, 1.165) is 28.3 Å². The van der Waals surface area contributed by atoms with Crippen LogP contribution in [0.4, 0.5) is 11.5 Å². The van der Waals surface area contributed by atoms with Gasteiger partial charge in [-0.25, -0.2) is 9.97 Å². The van der Waals surface area contributed by atoms with Crippen molar-refractivity contribution in [2.75, 3.05) is 19.0 Å². The lowest BCUT2D eigenvalue weighted by molar-refractivity contribution is -0.117. The van der Waals surface area contributed by atoms with Gasteiger partial charge in [-0.3, -0.25) is 14.0 Å². The van der Waals surface area contributed by atoms with E-state index < -0.39 is 5.91 Å². The average molecular weight is 430 g/mol. The fraction of sp³-hybridized carbons (Fsp3) is 0.130. The Morgan fingerprint density at radius 3 is 2.59 bits per heavy atom. The Bertz CT molecular complexity index is 1300. The van der Waals surface area contributed by atoms with E-state index in [9.17, 15) is 9.59 Å². The van der Waals surface area contributed by atoms with Crippen LogP contribution >= 0.6 is 0 Å². The Morgan fingerprint density at radius 2 is 1.91 bits per heavy atom. The zero-order valence-corrected chi connectivity index (χ0v) is 17.6. The van der Waals surface area contributed by atoms with Crippen LogP contribution in [0.25, 0.3) is 16.9 Å². The number of hydrogen-bond acceptors (Lipinski definition) is 6. The Kier molecular flexibility index (Phi) is 5.71. The van der Waals surface area contributed by atoms with Crippen LogP contribution < -0.4 is 21.1 Å². The van der Waals surface area contributed by atoms with Crippen molar-refractivity contribution in [1.82, 2.24) is 19.7 Å². The largest absolute Gasteiger partial charge is 0.497 e. The lowest BCUT2D eigenvalue weighted by atomic mass is 10.1. The minimum Gasteiger partial charge on any atom is -0.497 e. The fourth-order valence-corrected chi connectivity index (χ4v) is 3.38. The summed E-state index contributed by atoms with van der Waals surface area (Å²) in [5.74, 6) is 0.416. The van der Waals surface area contributed by atoms with Crippen LogP contribution in [0.5, 0.6) is 5.75 Å². The van der Waals surface area contributed by atoms with E-state index in [1.807, 2.05) is 47.9 Å². The quantitative estimate of drug-likeness (QED) is 0.414. The monoisotopic (exact) mass is 430 g/mol. The summed E-state index contributed by atoms with van der Waals surface area (Å²) >= 11 is 0. The summed E-state index contributed by atoms with van der Waals surface area (Å²) in [5, 5.41) is 5.76. The van der Waals surface area contributed by atoms with E-state index in [1.165, 1.54) is 0 Å². The number of anilines is 2. The number of primary amides is 1. The van der Waals surface area contributed by atoms with E-state index in [2.05, 4.69) is 20.6 Å². The molecule has 2 aromatic carbocycles. The third kappa shape index (κ3) is 4.22. The van der Waals surface area contributed by atoms with E-state index >= 15 is 0 Å². The highest BCUT2D eigenvalue weighted by molar-refractivity contribution is 5.98. The third-order valence-electron chi connectivity index (χ3n) is 4.97. The Morgan fingerprint density at radius 1 is 1.12 bits per heavy atom. The molecule has 0 unspecified atom stereocenters. The van der Waals surface area contributed by atoms with Crippen molar-refractivity contribution in [3.8, 4) is 17.0 Å². The number of aromatic nitrogens is 3. The number of methoxy groups -OCH3 is 1. The smallest absolute Gasteiger partial charge is 0.251 e. The predicted octanol–water partition coefficient (Wildman–Crippen LogP) is 2.67. The van der Waals surface area contributed by atoms with Crippen molar-refractivity contribution in [3.63, 3.8) is 0 Å². The Balaban J connectivity index is 1.59. The molecule has 4 N–H and O–H groups in total. The van der Waals surface area contributed by atoms with E-state index in [4.69, 9.17) is 10.5 Å². The molecule has 0 fully saturated rings. The summed E-state index contributed by atoms with van der Waals surface area (Å²) in [6, 6.07) is 13.0. The van der Waals surface area contributed by atoms with Gasteiger partial charge < -0.3 is 21.1 Å². The number of nitrogens with one attached hydrogen (secondary N) is 2. The van der Waals surface area contributed by atoms with E-state index in [-0.39, 0.29) is 12.5 Å². The molecular weight excluding hydrogens is 408 g/mol. The van der Waals surface area contributed by atoms with Gasteiger partial charge >= 0.3 is 0 Å². The molecule has 0 aliphatic heterocycles. The first-order valence-corrected chi connectivity index (χ1v) is 9.87. The second-order valence-electron chi connectivity index (χ2n) is 7.15. The van der Waals surface area contributed by atoms with Gasteiger partial charge in [0.1, 0.15) is 5.75 Å². The molecule has 0 spiro atoms. The Labute approximate surface area is 184 Å². The predicted molar refractivity (Wildman–Crippen MR) is 121 cm³/mol. The van der Waals surface area contributed by atoms with Gasteiger partial charge in [-0.1, -0.05) is 0 Å². The molecule has 0 aliphatic carbocycles.